The van der Waals surface area contributed by atoms with Gasteiger partial charge in [0, 0.05) is 6.61 Å². The number of hydrogen-bond donors (Lipinski definition) is 2. The Bertz CT molecular complexity index is 330. The van der Waals surface area contributed by atoms with Crippen molar-refractivity contribution in [2.75, 3.05) is 11.9 Å². The van der Waals surface area contributed by atoms with Crippen LogP contribution in [0.1, 0.15) is 18.7 Å². The van der Waals surface area contributed by atoms with E-state index in [4.69, 9.17) is 4.74 Å². The number of hydrogen-bond acceptors (Lipinski definition) is 4. The number of aromatic amines is 1. The summed E-state index contributed by atoms with van der Waals surface area (Å²) in [5.74, 6) is 0.817. The molecule has 1 aromatic rings. The fourth-order valence-electron chi connectivity index (χ4n) is 1.37. The first-order chi connectivity index (χ1) is 6.75. The summed E-state index contributed by atoms with van der Waals surface area (Å²) in [6.45, 7) is 2.43. The van der Waals surface area contributed by atoms with Crippen molar-refractivity contribution in [1.29, 1.82) is 0 Å². The third-order valence-corrected chi connectivity index (χ3v) is 2.05. The number of nitrogens with zero attached hydrogens (tertiary/aromatic N) is 2. The summed E-state index contributed by atoms with van der Waals surface area (Å²) in [7, 11) is 0. The lowest BCUT2D eigenvalue weighted by Crippen LogP contribution is -2.27. The molecule has 14 heavy (non-hydrogen) atoms. The Kier molecular flexibility index (Phi) is 2.45. The molecular weight excluding hydrogens is 184 g/mol. The van der Waals surface area contributed by atoms with Gasteiger partial charge in [-0.05, 0) is 19.8 Å². The van der Waals surface area contributed by atoms with Gasteiger partial charge in [-0.3, -0.25) is 15.2 Å². The quantitative estimate of drug-likeness (QED) is 0.709. The van der Waals surface area contributed by atoms with E-state index in [1.165, 1.54) is 0 Å². The van der Waals surface area contributed by atoms with Crippen molar-refractivity contribution >= 4 is 11.9 Å². The highest BCUT2D eigenvalue weighted by Gasteiger charge is 2.24. The molecule has 1 aliphatic heterocycles. The average Bonchev–Trinajstić information content (AvgIpc) is 2.75. The van der Waals surface area contributed by atoms with Crippen LogP contribution in [0.5, 0.6) is 0 Å². The summed E-state index contributed by atoms with van der Waals surface area (Å²) < 4.78 is 5.22. The molecule has 2 rings (SSSR count). The van der Waals surface area contributed by atoms with Gasteiger partial charge in [0.15, 0.2) is 0 Å². The number of nitrogens with one attached hydrogen (secondary N) is 2. The highest BCUT2D eigenvalue weighted by atomic mass is 16.5. The van der Waals surface area contributed by atoms with Crippen LogP contribution in [-0.4, -0.2) is 33.8 Å². The standard InChI is InChI=1S/C8H12N4O2/c1-5-9-8(12-11-5)10-7(13)6-3-2-4-14-6/h6H,2-4H2,1H3,(H2,9,10,11,12,13)/t6-/m1/s1. The Morgan fingerprint density at radius 2 is 2.57 bits per heavy atom. The molecule has 1 atom stereocenters. The first-order valence-electron chi connectivity index (χ1n) is 4.57. The van der Waals surface area contributed by atoms with Gasteiger partial charge in [-0.1, -0.05) is 0 Å². The Morgan fingerprint density at radius 1 is 1.71 bits per heavy atom. The predicted octanol–water partition coefficient (Wildman–Crippen LogP) is 0.231. The third-order valence-electron chi connectivity index (χ3n) is 2.05. The number of aromatic nitrogens is 3. The van der Waals surface area contributed by atoms with Gasteiger partial charge >= 0.3 is 0 Å². The maximum absolute atomic E-state index is 11.5. The summed E-state index contributed by atoms with van der Waals surface area (Å²) in [6.07, 6.45) is 1.37. The molecule has 1 amide bonds. The SMILES string of the molecule is Cc1nc(NC(=O)[C@H]2CCCO2)n[nH]1. The molecule has 1 saturated heterocycles. The highest BCUT2D eigenvalue weighted by Crippen LogP contribution is 2.13. The molecule has 1 fully saturated rings. The van der Waals surface area contributed by atoms with E-state index >= 15 is 0 Å². The lowest BCUT2D eigenvalue weighted by Gasteiger charge is -2.06. The smallest absolute Gasteiger partial charge is 0.255 e. The van der Waals surface area contributed by atoms with Crippen molar-refractivity contribution in [2.45, 2.75) is 25.9 Å². The van der Waals surface area contributed by atoms with Crippen molar-refractivity contribution in [3.8, 4) is 0 Å². The zero-order valence-corrected chi connectivity index (χ0v) is 7.91. The molecule has 6 nitrogen and oxygen atoms in total. The van der Waals surface area contributed by atoms with Crippen molar-refractivity contribution < 1.29 is 9.53 Å². The largest absolute Gasteiger partial charge is 0.368 e. The Balaban J connectivity index is 1.93. The molecule has 0 aromatic carbocycles. The fourth-order valence-corrected chi connectivity index (χ4v) is 1.37. The maximum Gasteiger partial charge on any atom is 0.255 e. The van der Waals surface area contributed by atoms with Gasteiger partial charge in [-0.2, -0.15) is 4.98 Å². The van der Waals surface area contributed by atoms with Gasteiger partial charge in [0.05, 0.1) is 0 Å². The Hall–Kier alpha value is -1.43. The molecular formula is C8H12N4O2. The molecule has 0 aliphatic carbocycles. The molecule has 0 radical (unpaired) electrons. The van der Waals surface area contributed by atoms with Crippen LogP contribution in [0.25, 0.3) is 0 Å². The van der Waals surface area contributed by atoms with E-state index in [1.807, 2.05) is 0 Å². The minimum Gasteiger partial charge on any atom is -0.368 e. The van der Waals surface area contributed by atoms with Crippen molar-refractivity contribution in [1.82, 2.24) is 15.2 Å². The first kappa shape index (κ1) is 9.14. The number of H-pyrrole nitrogens is 1. The molecule has 76 valence electrons. The summed E-state index contributed by atoms with van der Waals surface area (Å²) >= 11 is 0. The van der Waals surface area contributed by atoms with E-state index in [2.05, 4.69) is 20.5 Å². The summed E-state index contributed by atoms with van der Waals surface area (Å²) in [5.41, 5.74) is 0. The average molecular weight is 196 g/mol. The maximum atomic E-state index is 11.5. The normalized spacial score (nSPS) is 21.1. The second kappa shape index (κ2) is 3.75. The molecule has 0 saturated carbocycles. The van der Waals surface area contributed by atoms with Gasteiger partial charge in [0.2, 0.25) is 5.95 Å². The molecule has 1 aromatic heterocycles. The molecule has 2 N–H and O–H groups in total. The number of carbonyl (C=O) groups is 1. The van der Waals surface area contributed by atoms with E-state index in [-0.39, 0.29) is 12.0 Å². The van der Waals surface area contributed by atoms with Crippen LogP contribution in [-0.2, 0) is 9.53 Å². The van der Waals surface area contributed by atoms with E-state index in [9.17, 15) is 4.79 Å². The van der Waals surface area contributed by atoms with Crippen molar-refractivity contribution in [2.24, 2.45) is 0 Å². The van der Waals surface area contributed by atoms with Crippen LogP contribution in [0.15, 0.2) is 0 Å². The number of aryl methyl sites for hydroxylation is 1. The monoisotopic (exact) mass is 196 g/mol. The topological polar surface area (TPSA) is 79.9 Å². The van der Waals surface area contributed by atoms with E-state index in [0.29, 0.717) is 18.4 Å². The number of anilines is 1. The Morgan fingerprint density at radius 3 is 3.14 bits per heavy atom. The van der Waals surface area contributed by atoms with Crippen LogP contribution >= 0.6 is 0 Å². The van der Waals surface area contributed by atoms with Gasteiger partial charge in [0.1, 0.15) is 11.9 Å². The molecule has 2 heterocycles. The molecule has 1 aliphatic rings. The van der Waals surface area contributed by atoms with Crippen LogP contribution in [0.4, 0.5) is 5.95 Å². The zero-order valence-electron chi connectivity index (χ0n) is 7.91. The van der Waals surface area contributed by atoms with Gasteiger partial charge in [0.25, 0.3) is 5.91 Å². The number of ether oxygens (including phenoxy) is 1. The number of rotatable bonds is 2. The van der Waals surface area contributed by atoms with Crippen molar-refractivity contribution in [3.63, 3.8) is 0 Å². The fraction of sp³-hybridized carbons (Fsp3) is 0.625. The lowest BCUT2D eigenvalue weighted by atomic mass is 10.2. The van der Waals surface area contributed by atoms with Crippen LogP contribution in [0.3, 0.4) is 0 Å². The zero-order chi connectivity index (χ0) is 9.97. The van der Waals surface area contributed by atoms with Gasteiger partial charge in [-0.15, -0.1) is 5.10 Å². The van der Waals surface area contributed by atoms with E-state index in [0.717, 1.165) is 12.8 Å². The number of amides is 1. The second-order valence-corrected chi connectivity index (χ2v) is 3.24. The van der Waals surface area contributed by atoms with Crippen LogP contribution < -0.4 is 5.32 Å². The molecule has 0 spiro atoms. The second-order valence-electron chi connectivity index (χ2n) is 3.24. The van der Waals surface area contributed by atoms with Crippen molar-refractivity contribution in [3.05, 3.63) is 5.82 Å². The highest BCUT2D eigenvalue weighted by molar-refractivity contribution is 5.92. The minimum absolute atomic E-state index is 0.165. The predicted molar refractivity (Wildman–Crippen MR) is 48.7 cm³/mol. The summed E-state index contributed by atoms with van der Waals surface area (Å²) in [4.78, 5) is 15.5. The summed E-state index contributed by atoms with van der Waals surface area (Å²) in [6, 6.07) is 0. The Labute approximate surface area is 81.1 Å². The van der Waals surface area contributed by atoms with Gasteiger partial charge in [-0.25, -0.2) is 0 Å². The van der Waals surface area contributed by atoms with E-state index in [1.54, 1.807) is 6.92 Å². The molecule has 0 bridgehead atoms. The third kappa shape index (κ3) is 1.90. The minimum atomic E-state index is -0.339. The first-order valence-corrected chi connectivity index (χ1v) is 4.57. The molecule has 0 unspecified atom stereocenters. The lowest BCUT2D eigenvalue weighted by molar-refractivity contribution is -0.124. The molecule has 6 heteroatoms. The van der Waals surface area contributed by atoms with Gasteiger partial charge < -0.3 is 4.74 Å². The van der Waals surface area contributed by atoms with Crippen LogP contribution in [0.2, 0.25) is 0 Å². The summed E-state index contributed by atoms with van der Waals surface area (Å²) in [5, 5.41) is 9.04. The van der Waals surface area contributed by atoms with E-state index < -0.39 is 0 Å². The number of carbonyl (C=O) groups excluding carboxylic acids is 1. The van der Waals surface area contributed by atoms with Crippen LogP contribution in [0, 0.1) is 6.92 Å².